The zero-order chi connectivity index (χ0) is 24.7. The highest BCUT2D eigenvalue weighted by Gasteiger charge is 2.22. The number of nitrogens with two attached hydrogens (primary N) is 1. The Labute approximate surface area is 202 Å². The van der Waals surface area contributed by atoms with E-state index in [0.29, 0.717) is 15.1 Å². The van der Waals surface area contributed by atoms with Gasteiger partial charge >= 0.3 is 11.9 Å². The minimum Gasteiger partial charge on any atom is -0.481 e. The number of aryl methyl sites for hydroxylation is 2. The van der Waals surface area contributed by atoms with Gasteiger partial charge in [0.15, 0.2) is 0 Å². The number of aliphatic carboxylic acids is 2. The number of aromatic nitrogens is 2. The molecular formula is C22H26N4O6S2. The molecule has 0 saturated carbocycles. The predicted molar refractivity (Wildman–Crippen MR) is 131 cm³/mol. The third kappa shape index (κ3) is 7.12. The third-order valence-electron chi connectivity index (χ3n) is 5.20. The summed E-state index contributed by atoms with van der Waals surface area (Å²) in [6, 6.07) is 4.16. The summed E-state index contributed by atoms with van der Waals surface area (Å²) in [5.41, 5.74) is 5.37. The molecule has 1 atom stereocenters. The molecule has 10 nitrogen and oxygen atoms in total. The van der Waals surface area contributed by atoms with Gasteiger partial charge in [-0.3, -0.25) is 19.4 Å². The molecule has 0 aliphatic rings. The van der Waals surface area contributed by atoms with Crippen molar-refractivity contribution in [3.63, 3.8) is 0 Å². The molecule has 0 saturated heterocycles. The van der Waals surface area contributed by atoms with Gasteiger partial charge in [0.2, 0.25) is 5.95 Å². The van der Waals surface area contributed by atoms with Crippen LogP contribution < -0.4 is 16.6 Å². The van der Waals surface area contributed by atoms with Gasteiger partial charge in [0.25, 0.3) is 11.5 Å². The second-order valence-corrected chi connectivity index (χ2v) is 10.1. The van der Waals surface area contributed by atoms with Crippen LogP contribution in [-0.2, 0) is 22.4 Å². The Bertz CT molecular complexity index is 1230. The number of nitrogens with zero attached hydrogens (tertiary/aromatic N) is 1. The fourth-order valence-electron chi connectivity index (χ4n) is 3.46. The maximum atomic E-state index is 12.3. The number of hydrogen-bond acceptors (Lipinski definition) is 8. The molecule has 0 radical (unpaired) electrons. The molecular weight excluding hydrogens is 480 g/mol. The third-order valence-corrected chi connectivity index (χ3v) is 7.44. The van der Waals surface area contributed by atoms with Gasteiger partial charge in [-0.15, -0.1) is 22.7 Å². The van der Waals surface area contributed by atoms with Gasteiger partial charge in [0.05, 0.1) is 10.3 Å². The minimum atomic E-state index is -1.26. The molecule has 3 aromatic heterocycles. The SMILES string of the molecule is Nc1nc2sc(CCCCCCc3ccc(C(=O)N[C@H](CCC(=O)O)C(=O)O)s3)cc2c(=O)[nH]1. The van der Waals surface area contributed by atoms with Gasteiger partial charge in [-0.05, 0) is 50.3 Å². The highest BCUT2D eigenvalue weighted by Crippen LogP contribution is 2.24. The Morgan fingerprint density at radius 3 is 2.44 bits per heavy atom. The number of carbonyl (C=O) groups is 3. The lowest BCUT2D eigenvalue weighted by Gasteiger charge is -2.12. The molecule has 0 unspecified atom stereocenters. The van der Waals surface area contributed by atoms with Crippen LogP contribution in [0.1, 0.15) is 58.0 Å². The normalized spacial score (nSPS) is 12.0. The Morgan fingerprint density at radius 2 is 1.76 bits per heavy atom. The van der Waals surface area contributed by atoms with Gasteiger partial charge in [0.1, 0.15) is 10.9 Å². The van der Waals surface area contributed by atoms with Crippen molar-refractivity contribution in [3.05, 3.63) is 43.2 Å². The molecule has 0 aromatic carbocycles. The smallest absolute Gasteiger partial charge is 0.326 e. The summed E-state index contributed by atoms with van der Waals surface area (Å²) in [5, 5.41) is 20.9. The van der Waals surface area contributed by atoms with Crippen LogP contribution in [0.5, 0.6) is 0 Å². The molecule has 3 heterocycles. The zero-order valence-corrected chi connectivity index (χ0v) is 20.0. The summed E-state index contributed by atoms with van der Waals surface area (Å²) in [6.45, 7) is 0. The number of fused-ring (bicyclic) bond motifs is 1. The molecule has 0 aliphatic carbocycles. The van der Waals surface area contributed by atoms with E-state index < -0.39 is 23.9 Å². The quantitative estimate of drug-likeness (QED) is 0.220. The van der Waals surface area contributed by atoms with Crippen LogP contribution in [0.3, 0.4) is 0 Å². The average Bonchev–Trinajstić information content (AvgIpc) is 3.40. The van der Waals surface area contributed by atoms with E-state index in [2.05, 4.69) is 15.3 Å². The first-order chi connectivity index (χ1) is 16.2. The zero-order valence-electron chi connectivity index (χ0n) is 18.3. The van der Waals surface area contributed by atoms with E-state index in [4.69, 9.17) is 10.8 Å². The average molecular weight is 507 g/mol. The number of thiophene rings is 2. The Balaban J connectivity index is 1.39. The molecule has 3 aromatic rings. The highest BCUT2D eigenvalue weighted by atomic mass is 32.1. The Hall–Kier alpha value is -3.25. The number of carboxylic acids is 2. The van der Waals surface area contributed by atoms with Crippen LogP contribution >= 0.6 is 22.7 Å². The summed E-state index contributed by atoms with van der Waals surface area (Å²) in [4.78, 5) is 56.0. The van der Waals surface area contributed by atoms with Crippen molar-refractivity contribution in [2.75, 3.05) is 5.73 Å². The van der Waals surface area contributed by atoms with Gasteiger partial charge in [-0.1, -0.05) is 12.8 Å². The molecule has 0 fully saturated rings. The number of aromatic amines is 1. The largest absolute Gasteiger partial charge is 0.481 e. The number of nitrogens with one attached hydrogen (secondary N) is 2. The molecule has 0 bridgehead atoms. The summed E-state index contributed by atoms with van der Waals surface area (Å²) in [5.74, 6) is -2.75. The van der Waals surface area contributed by atoms with Gasteiger partial charge in [-0.25, -0.2) is 9.78 Å². The van der Waals surface area contributed by atoms with Crippen molar-refractivity contribution in [1.29, 1.82) is 0 Å². The predicted octanol–water partition coefficient (Wildman–Crippen LogP) is 3.02. The first-order valence-electron chi connectivity index (χ1n) is 10.9. The van der Waals surface area contributed by atoms with Gasteiger partial charge in [-0.2, -0.15) is 0 Å². The van der Waals surface area contributed by atoms with Crippen LogP contribution in [0.15, 0.2) is 23.0 Å². The fourth-order valence-corrected chi connectivity index (χ4v) is 5.49. The minimum absolute atomic E-state index is 0.125. The van der Waals surface area contributed by atoms with Crippen LogP contribution in [0.2, 0.25) is 0 Å². The molecule has 6 N–H and O–H groups in total. The summed E-state index contributed by atoms with van der Waals surface area (Å²) < 4.78 is 0. The van der Waals surface area contributed by atoms with Crippen LogP contribution in [0.25, 0.3) is 10.2 Å². The summed E-state index contributed by atoms with van der Waals surface area (Å²) in [7, 11) is 0. The van der Waals surface area contributed by atoms with Crippen molar-refractivity contribution in [3.8, 4) is 0 Å². The fraction of sp³-hybridized carbons (Fsp3) is 0.409. The number of anilines is 1. The maximum Gasteiger partial charge on any atom is 0.326 e. The monoisotopic (exact) mass is 506 g/mol. The Kier molecular flexibility index (Phi) is 8.77. The molecule has 3 rings (SSSR count). The van der Waals surface area contributed by atoms with Crippen LogP contribution in [0.4, 0.5) is 5.95 Å². The number of H-pyrrole nitrogens is 1. The van der Waals surface area contributed by atoms with E-state index in [-0.39, 0.29) is 24.3 Å². The topological polar surface area (TPSA) is 175 Å². The van der Waals surface area contributed by atoms with Crippen molar-refractivity contribution in [1.82, 2.24) is 15.3 Å². The summed E-state index contributed by atoms with van der Waals surface area (Å²) >= 11 is 2.80. The second kappa shape index (κ2) is 11.7. The first-order valence-corrected chi connectivity index (χ1v) is 12.5. The number of carbonyl (C=O) groups excluding carboxylic acids is 1. The second-order valence-electron chi connectivity index (χ2n) is 7.86. The van der Waals surface area contributed by atoms with E-state index in [1.807, 2.05) is 12.1 Å². The molecule has 1 amide bonds. The van der Waals surface area contributed by atoms with Gasteiger partial charge < -0.3 is 21.3 Å². The Morgan fingerprint density at radius 1 is 1.06 bits per heavy atom. The van der Waals surface area contributed by atoms with Gasteiger partial charge in [0, 0.05) is 16.2 Å². The molecule has 34 heavy (non-hydrogen) atoms. The van der Waals surface area contributed by atoms with E-state index in [9.17, 15) is 24.3 Å². The van der Waals surface area contributed by atoms with Crippen LogP contribution in [-0.4, -0.2) is 44.1 Å². The lowest BCUT2D eigenvalue weighted by atomic mass is 10.1. The summed E-state index contributed by atoms with van der Waals surface area (Å²) in [6.07, 6.45) is 5.19. The molecule has 12 heteroatoms. The number of unbranched alkanes of at least 4 members (excludes halogenated alkanes) is 3. The highest BCUT2D eigenvalue weighted by molar-refractivity contribution is 7.18. The number of rotatable bonds is 13. The number of carboxylic acid groups (broad SMARTS) is 2. The first kappa shape index (κ1) is 25.4. The number of hydrogen-bond donors (Lipinski definition) is 5. The molecule has 0 spiro atoms. The van der Waals surface area contributed by atoms with Crippen LogP contribution in [0, 0.1) is 0 Å². The van der Waals surface area contributed by atoms with E-state index >= 15 is 0 Å². The van der Waals surface area contributed by atoms with Crippen molar-refractivity contribution in [2.24, 2.45) is 0 Å². The maximum absolute atomic E-state index is 12.3. The van der Waals surface area contributed by atoms with Crippen molar-refractivity contribution >= 4 is 56.7 Å². The lowest BCUT2D eigenvalue weighted by Crippen LogP contribution is -2.40. The van der Waals surface area contributed by atoms with Crippen molar-refractivity contribution in [2.45, 2.75) is 57.4 Å². The lowest BCUT2D eigenvalue weighted by molar-refractivity contribution is -0.140. The molecule has 0 aliphatic heterocycles. The standard InChI is InChI=1S/C22H26N4O6S2/c23-22-25-18(29)14-11-13(34-20(14)26-22)6-4-2-1-3-5-12-7-9-16(33-12)19(30)24-15(21(31)32)8-10-17(27)28/h7,9,11,15H,1-6,8,10H2,(H,24,30)(H,27,28)(H,31,32)(H3,23,25,26,29)/t15-/m1/s1. The van der Waals surface area contributed by atoms with Crippen molar-refractivity contribution < 1.29 is 24.6 Å². The number of nitrogen functional groups attached to an aromatic ring is 1. The van der Waals surface area contributed by atoms with E-state index in [0.717, 1.165) is 48.3 Å². The number of amides is 1. The van der Waals surface area contributed by atoms with E-state index in [1.165, 1.54) is 22.7 Å². The van der Waals surface area contributed by atoms with E-state index in [1.54, 1.807) is 6.07 Å². The molecule has 182 valence electrons.